The van der Waals surface area contributed by atoms with E-state index in [2.05, 4.69) is 21.2 Å². The van der Waals surface area contributed by atoms with Crippen molar-refractivity contribution in [1.29, 1.82) is 0 Å². The van der Waals surface area contributed by atoms with Crippen LogP contribution in [0, 0.1) is 18.6 Å². The lowest BCUT2D eigenvalue weighted by atomic mass is 9.99. The molecule has 1 aliphatic rings. The highest BCUT2D eigenvalue weighted by Gasteiger charge is 2.21. The number of hydrogen-bond acceptors (Lipinski definition) is 1. The first-order chi connectivity index (χ1) is 9.95. The van der Waals surface area contributed by atoms with Crippen LogP contribution in [0.4, 0.5) is 14.5 Å². The van der Waals surface area contributed by atoms with Crippen LogP contribution in [0.5, 0.6) is 0 Å². The van der Waals surface area contributed by atoms with Gasteiger partial charge in [0.2, 0.25) is 5.91 Å². The van der Waals surface area contributed by atoms with E-state index in [-0.39, 0.29) is 5.91 Å². The minimum atomic E-state index is -0.588. The molecule has 0 saturated heterocycles. The van der Waals surface area contributed by atoms with Gasteiger partial charge >= 0.3 is 0 Å². The van der Waals surface area contributed by atoms with Gasteiger partial charge in [-0.3, -0.25) is 4.79 Å². The van der Waals surface area contributed by atoms with E-state index < -0.39 is 16.5 Å². The molecule has 1 unspecified atom stereocenters. The van der Waals surface area contributed by atoms with Gasteiger partial charge < -0.3 is 5.32 Å². The molecular weight excluding hydrogens is 340 g/mol. The summed E-state index contributed by atoms with van der Waals surface area (Å²) in [6.07, 6.45) is 0.327. The average molecular weight is 352 g/mol. The van der Waals surface area contributed by atoms with Gasteiger partial charge in [0.1, 0.15) is 11.6 Å². The molecule has 108 valence electrons. The highest BCUT2D eigenvalue weighted by atomic mass is 79.9. The third kappa shape index (κ3) is 2.58. The molecule has 0 radical (unpaired) electrons. The number of benzene rings is 2. The molecule has 0 aliphatic carbocycles. The van der Waals surface area contributed by atoms with Crippen molar-refractivity contribution in [2.24, 2.45) is 0 Å². The summed E-state index contributed by atoms with van der Waals surface area (Å²) in [6.45, 7) is 1.60. The second kappa shape index (κ2) is 5.22. The Hall–Kier alpha value is -1.75. The summed E-state index contributed by atoms with van der Waals surface area (Å²) in [5.41, 5.74) is 3.29. The van der Waals surface area contributed by atoms with Gasteiger partial charge in [-0.05, 0) is 35.7 Å². The molecule has 0 bridgehead atoms. The first-order valence-corrected chi connectivity index (χ1v) is 7.39. The lowest BCUT2D eigenvalue weighted by molar-refractivity contribution is -0.115. The van der Waals surface area contributed by atoms with Crippen LogP contribution < -0.4 is 5.32 Å². The topological polar surface area (TPSA) is 29.1 Å². The molecule has 1 N–H and O–H groups in total. The zero-order chi connectivity index (χ0) is 15.1. The molecule has 0 spiro atoms. The van der Waals surface area contributed by atoms with Gasteiger partial charge in [0.25, 0.3) is 0 Å². The molecule has 0 fully saturated rings. The summed E-state index contributed by atoms with van der Waals surface area (Å²) in [7, 11) is 0. The van der Waals surface area contributed by atoms with Crippen molar-refractivity contribution in [1.82, 2.24) is 0 Å². The Morgan fingerprint density at radius 3 is 2.71 bits per heavy atom. The Kier molecular flexibility index (Phi) is 3.53. The third-order valence-electron chi connectivity index (χ3n) is 3.60. The van der Waals surface area contributed by atoms with Gasteiger partial charge in [-0.25, -0.2) is 8.78 Å². The number of fused-ring (bicyclic) bond motifs is 1. The van der Waals surface area contributed by atoms with Crippen molar-refractivity contribution in [3.8, 4) is 0 Å². The van der Waals surface area contributed by atoms with Crippen LogP contribution in [-0.4, -0.2) is 5.91 Å². The Bertz CT molecular complexity index is 745. The molecule has 2 aromatic carbocycles. The normalized spacial score (nSPS) is 14.8. The average Bonchev–Trinajstić information content (AvgIpc) is 2.81. The van der Waals surface area contributed by atoms with Gasteiger partial charge in [-0.1, -0.05) is 28.1 Å². The highest BCUT2D eigenvalue weighted by molar-refractivity contribution is 9.09. The van der Waals surface area contributed by atoms with Crippen LogP contribution in [0.1, 0.15) is 27.1 Å². The first-order valence-electron chi connectivity index (χ1n) is 6.48. The fraction of sp³-hybridized carbons (Fsp3) is 0.188. The predicted octanol–water partition coefficient (Wildman–Crippen LogP) is 4.25. The van der Waals surface area contributed by atoms with Crippen molar-refractivity contribution in [2.75, 3.05) is 5.32 Å². The Balaban J connectivity index is 2.00. The van der Waals surface area contributed by atoms with Crippen LogP contribution in [0.25, 0.3) is 0 Å². The van der Waals surface area contributed by atoms with E-state index in [1.807, 2.05) is 12.1 Å². The van der Waals surface area contributed by atoms with E-state index in [9.17, 15) is 13.6 Å². The van der Waals surface area contributed by atoms with E-state index in [1.54, 1.807) is 13.0 Å². The van der Waals surface area contributed by atoms with Crippen LogP contribution in [0.3, 0.4) is 0 Å². The molecule has 21 heavy (non-hydrogen) atoms. The second-order valence-corrected chi connectivity index (χ2v) is 6.04. The van der Waals surface area contributed by atoms with Crippen LogP contribution in [0.15, 0.2) is 30.3 Å². The second-order valence-electron chi connectivity index (χ2n) is 5.13. The zero-order valence-corrected chi connectivity index (χ0v) is 12.8. The number of carbonyl (C=O) groups excluding carboxylic acids is 1. The summed E-state index contributed by atoms with van der Waals surface area (Å²) in [5, 5.41) is 2.75. The van der Waals surface area contributed by atoms with Crippen LogP contribution in [0.2, 0.25) is 0 Å². The van der Waals surface area contributed by atoms with E-state index in [0.29, 0.717) is 17.5 Å². The number of hydrogen-bond donors (Lipinski definition) is 1. The van der Waals surface area contributed by atoms with Gasteiger partial charge in [0, 0.05) is 17.3 Å². The monoisotopic (exact) mass is 351 g/mol. The number of rotatable bonds is 2. The lowest BCUT2D eigenvalue weighted by Gasteiger charge is -2.14. The van der Waals surface area contributed by atoms with E-state index in [4.69, 9.17) is 0 Å². The number of nitrogens with one attached hydrogen (secondary N) is 1. The fourth-order valence-electron chi connectivity index (χ4n) is 2.46. The molecule has 1 atom stereocenters. The van der Waals surface area contributed by atoms with Gasteiger partial charge in [0.15, 0.2) is 0 Å². The van der Waals surface area contributed by atoms with Crippen molar-refractivity contribution < 1.29 is 13.6 Å². The van der Waals surface area contributed by atoms with E-state index >= 15 is 0 Å². The third-order valence-corrected chi connectivity index (χ3v) is 4.62. The lowest BCUT2D eigenvalue weighted by Crippen LogP contribution is -2.03. The molecular formula is C16H12BrF2NO. The summed E-state index contributed by atoms with van der Waals surface area (Å²) >= 11 is 3.46. The number of carbonyl (C=O) groups is 1. The van der Waals surface area contributed by atoms with Crippen molar-refractivity contribution in [3.63, 3.8) is 0 Å². The number of halogens is 3. The first kappa shape index (κ1) is 14.2. The largest absolute Gasteiger partial charge is 0.326 e. The number of amides is 1. The maximum atomic E-state index is 14.0. The van der Waals surface area contributed by atoms with Gasteiger partial charge in [-0.15, -0.1) is 0 Å². The minimum Gasteiger partial charge on any atom is -0.326 e. The summed E-state index contributed by atoms with van der Waals surface area (Å²) < 4.78 is 27.3. The quantitative estimate of drug-likeness (QED) is 0.805. The number of alkyl halides is 1. The van der Waals surface area contributed by atoms with Crippen LogP contribution in [-0.2, 0) is 11.2 Å². The number of aryl methyl sites for hydroxylation is 1. The smallest absolute Gasteiger partial charge is 0.228 e. The zero-order valence-electron chi connectivity index (χ0n) is 11.2. The summed E-state index contributed by atoms with van der Waals surface area (Å²) in [6, 6.07) is 7.89. The summed E-state index contributed by atoms with van der Waals surface area (Å²) in [4.78, 5) is 11.0. The van der Waals surface area contributed by atoms with Crippen molar-refractivity contribution in [3.05, 3.63) is 64.2 Å². The summed E-state index contributed by atoms with van der Waals surface area (Å²) in [5.74, 6) is -1.19. The van der Waals surface area contributed by atoms with Crippen LogP contribution >= 0.6 is 15.9 Å². The molecule has 0 aromatic heterocycles. The molecule has 0 saturated carbocycles. The molecule has 2 aromatic rings. The molecule has 3 rings (SSSR count). The molecule has 1 amide bonds. The Labute approximate surface area is 129 Å². The Morgan fingerprint density at radius 1 is 1.19 bits per heavy atom. The SMILES string of the molecule is Cc1cc(C(Br)c2ccc3c(c2)CC(=O)N3)c(F)cc1F. The van der Waals surface area contributed by atoms with E-state index in [0.717, 1.165) is 22.9 Å². The minimum absolute atomic E-state index is 0.0444. The molecule has 2 nitrogen and oxygen atoms in total. The highest BCUT2D eigenvalue weighted by Crippen LogP contribution is 2.36. The molecule has 5 heteroatoms. The fourth-order valence-corrected chi connectivity index (χ4v) is 3.10. The maximum absolute atomic E-state index is 14.0. The molecule has 1 heterocycles. The van der Waals surface area contributed by atoms with E-state index in [1.165, 1.54) is 6.07 Å². The van der Waals surface area contributed by atoms with Crippen molar-refractivity contribution in [2.45, 2.75) is 18.2 Å². The Morgan fingerprint density at radius 2 is 1.95 bits per heavy atom. The molecule has 1 aliphatic heterocycles. The standard InChI is InChI=1S/C16H12BrF2NO/c1-8-4-11(13(19)7-12(8)18)16(17)9-2-3-14-10(5-9)6-15(21)20-14/h2-5,7,16H,6H2,1H3,(H,20,21). The predicted molar refractivity (Wildman–Crippen MR) is 80.6 cm³/mol. The number of anilines is 1. The van der Waals surface area contributed by atoms with Crippen molar-refractivity contribution >= 4 is 27.5 Å². The van der Waals surface area contributed by atoms with Gasteiger partial charge in [0.05, 0.1) is 11.2 Å². The van der Waals surface area contributed by atoms with Gasteiger partial charge in [-0.2, -0.15) is 0 Å². The maximum Gasteiger partial charge on any atom is 0.228 e.